The number of ether oxygens (including phenoxy) is 2. The number of esters is 1. The van der Waals surface area contributed by atoms with Gasteiger partial charge in [0.05, 0.1) is 29.4 Å². The summed E-state index contributed by atoms with van der Waals surface area (Å²) in [6.07, 6.45) is 0. The lowest BCUT2D eigenvalue weighted by molar-refractivity contribution is -0.139. The summed E-state index contributed by atoms with van der Waals surface area (Å²) < 4.78 is 12.0. The van der Waals surface area contributed by atoms with Crippen LogP contribution in [0.2, 0.25) is 0 Å². The fourth-order valence-electron chi connectivity index (χ4n) is 3.66. The number of nitrogens with zero attached hydrogens (tertiary/aromatic N) is 3. The number of benzene rings is 1. The second kappa shape index (κ2) is 10.9. The van der Waals surface area contributed by atoms with Crippen molar-refractivity contribution in [2.75, 3.05) is 12.4 Å². The fraction of sp³-hybridized carbons (Fsp3) is 0.280. The molecular weight excluding hydrogens is 563 g/mol. The molecule has 1 aliphatic rings. The maximum atomic E-state index is 13.1. The number of hydrogen-bond donors (Lipinski definition) is 1. The molecule has 1 atom stereocenters. The van der Waals surface area contributed by atoms with E-state index in [0.29, 0.717) is 10.6 Å². The number of thioether (sulfide) groups is 1. The highest BCUT2D eigenvalue weighted by molar-refractivity contribution is 14.1. The first kappa shape index (κ1) is 25.6. The third kappa shape index (κ3) is 4.91. The van der Waals surface area contributed by atoms with Crippen LogP contribution in [-0.2, 0) is 14.3 Å². The normalized spacial score (nSPS) is 15.4. The van der Waals surface area contributed by atoms with Gasteiger partial charge in [0.1, 0.15) is 28.5 Å². The molecule has 0 spiro atoms. The van der Waals surface area contributed by atoms with Crippen LogP contribution in [0, 0.1) is 47.0 Å². The molecule has 1 aliphatic heterocycles. The second-order valence-electron chi connectivity index (χ2n) is 7.53. The standard InChI is InChI=1S/C25H23IN4O3S/c1-5-32-25(31)22-20(12-34-24-17(10-27)14(3)13(2)15(4)30-24)33-23(29)18(11-28)21(22)16-8-6-7-9-19(16)26/h6-9,21H,5,12,29H2,1-4H3. The Hall–Kier alpha value is -3.02. The third-order valence-electron chi connectivity index (χ3n) is 5.62. The molecule has 34 heavy (non-hydrogen) atoms. The van der Waals surface area contributed by atoms with Crippen LogP contribution in [0.25, 0.3) is 0 Å². The first-order valence-electron chi connectivity index (χ1n) is 10.5. The van der Waals surface area contributed by atoms with E-state index in [1.165, 1.54) is 11.8 Å². The van der Waals surface area contributed by atoms with Crippen molar-refractivity contribution >= 4 is 40.3 Å². The molecule has 0 saturated heterocycles. The average molecular weight is 586 g/mol. The van der Waals surface area contributed by atoms with Crippen molar-refractivity contribution in [2.24, 2.45) is 5.73 Å². The van der Waals surface area contributed by atoms with Crippen molar-refractivity contribution in [3.63, 3.8) is 0 Å². The number of pyridine rings is 1. The van der Waals surface area contributed by atoms with Gasteiger partial charge in [0.25, 0.3) is 0 Å². The van der Waals surface area contributed by atoms with Crippen LogP contribution in [-0.4, -0.2) is 23.3 Å². The predicted molar refractivity (Wildman–Crippen MR) is 137 cm³/mol. The predicted octanol–water partition coefficient (Wildman–Crippen LogP) is 4.90. The summed E-state index contributed by atoms with van der Waals surface area (Å²) in [5.41, 5.74) is 10.4. The lowest BCUT2D eigenvalue weighted by atomic mass is 9.83. The molecule has 1 aromatic heterocycles. The van der Waals surface area contributed by atoms with E-state index in [1.807, 2.05) is 45.0 Å². The van der Waals surface area contributed by atoms with E-state index in [4.69, 9.17) is 15.2 Å². The number of carbonyl (C=O) groups excluding carboxylic acids is 1. The van der Waals surface area contributed by atoms with Gasteiger partial charge in [-0.1, -0.05) is 30.0 Å². The SMILES string of the molecule is CCOC(=O)C1=C(CSc2nc(C)c(C)c(C)c2C#N)OC(N)=C(C#N)C1c1ccccc1I. The molecule has 0 amide bonds. The highest BCUT2D eigenvalue weighted by atomic mass is 127. The van der Waals surface area contributed by atoms with Crippen LogP contribution < -0.4 is 5.73 Å². The van der Waals surface area contributed by atoms with Gasteiger partial charge in [-0.25, -0.2) is 9.78 Å². The minimum absolute atomic E-state index is 0.0551. The minimum atomic E-state index is -0.730. The topological polar surface area (TPSA) is 122 Å². The number of nitriles is 2. The molecule has 0 fully saturated rings. The minimum Gasteiger partial charge on any atom is -0.463 e. The summed E-state index contributed by atoms with van der Waals surface area (Å²) in [4.78, 5) is 17.7. The molecule has 7 nitrogen and oxygen atoms in total. The number of nitrogens with two attached hydrogens (primary N) is 1. The Morgan fingerprint density at radius 1 is 1.24 bits per heavy atom. The van der Waals surface area contributed by atoms with Gasteiger partial charge in [0.2, 0.25) is 5.88 Å². The van der Waals surface area contributed by atoms with Gasteiger partial charge in [-0.05, 0) is 73.0 Å². The maximum Gasteiger partial charge on any atom is 0.338 e. The first-order chi connectivity index (χ1) is 16.2. The van der Waals surface area contributed by atoms with Crippen molar-refractivity contribution < 1.29 is 14.3 Å². The van der Waals surface area contributed by atoms with Crippen molar-refractivity contribution in [2.45, 2.75) is 38.6 Å². The number of rotatable bonds is 6. The van der Waals surface area contributed by atoms with Gasteiger partial charge in [0, 0.05) is 9.26 Å². The van der Waals surface area contributed by atoms with Gasteiger partial charge in [-0.2, -0.15) is 10.5 Å². The number of allylic oxidation sites excluding steroid dienone is 1. The van der Waals surface area contributed by atoms with Gasteiger partial charge in [-0.3, -0.25) is 0 Å². The largest absolute Gasteiger partial charge is 0.463 e. The smallest absolute Gasteiger partial charge is 0.338 e. The maximum absolute atomic E-state index is 13.1. The summed E-state index contributed by atoms with van der Waals surface area (Å²) in [5.74, 6) is -0.900. The zero-order valence-electron chi connectivity index (χ0n) is 19.2. The lowest BCUT2D eigenvalue weighted by Gasteiger charge is -2.28. The molecule has 9 heteroatoms. The van der Waals surface area contributed by atoms with Gasteiger partial charge in [0.15, 0.2) is 0 Å². The Morgan fingerprint density at radius 3 is 2.56 bits per heavy atom. The Kier molecular flexibility index (Phi) is 8.24. The molecule has 0 saturated carbocycles. The molecule has 0 bridgehead atoms. The van der Waals surface area contributed by atoms with Crippen LogP contribution in [0.15, 0.2) is 52.1 Å². The molecule has 174 valence electrons. The highest BCUT2D eigenvalue weighted by Gasteiger charge is 2.38. The van der Waals surface area contributed by atoms with Crippen molar-refractivity contribution in [1.82, 2.24) is 4.98 Å². The number of halogens is 1. The van der Waals surface area contributed by atoms with E-state index in [1.54, 1.807) is 6.92 Å². The monoisotopic (exact) mass is 586 g/mol. The molecule has 3 rings (SSSR count). The van der Waals surface area contributed by atoms with E-state index in [-0.39, 0.29) is 35.1 Å². The van der Waals surface area contributed by atoms with E-state index in [2.05, 4.69) is 39.7 Å². The number of hydrogen-bond acceptors (Lipinski definition) is 8. The zero-order valence-corrected chi connectivity index (χ0v) is 22.2. The highest BCUT2D eigenvalue weighted by Crippen LogP contribution is 2.42. The molecule has 1 unspecified atom stereocenters. The van der Waals surface area contributed by atoms with Crippen molar-refractivity contribution in [3.05, 3.63) is 78.6 Å². The average Bonchev–Trinajstić information content (AvgIpc) is 2.81. The molecule has 2 aromatic rings. The van der Waals surface area contributed by atoms with Crippen LogP contribution >= 0.6 is 34.4 Å². The Bertz CT molecular complexity index is 1300. The first-order valence-corrected chi connectivity index (χ1v) is 12.5. The number of carbonyl (C=O) groups is 1. The number of aromatic nitrogens is 1. The molecule has 0 aliphatic carbocycles. The van der Waals surface area contributed by atoms with Gasteiger partial charge in [-0.15, -0.1) is 0 Å². The third-order valence-corrected chi connectivity index (χ3v) is 7.58. The van der Waals surface area contributed by atoms with Crippen molar-refractivity contribution in [3.8, 4) is 12.1 Å². The van der Waals surface area contributed by atoms with Crippen LogP contribution in [0.4, 0.5) is 0 Å². The van der Waals surface area contributed by atoms with Gasteiger partial charge >= 0.3 is 5.97 Å². The molecule has 2 heterocycles. The van der Waals surface area contributed by atoms with E-state index < -0.39 is 11.9 Å². The fourth-order valence-corrected chi connectivity index (χ4v) is 5.38. The quantitative estimate of drug-likeness (QED) is 0.288. The Morgan fingerprint density at radius 2 is 1.94 bits per heavy atom. The summed E-state index contributed by atoms with van der Waals surface area (Å²) in [7, 11) is 0. The molecular formula is C25H23IN4O3S. The lowest BCUT2D eigenvalue weighted by Crippen LogP contribution is -2.27. The van der Waals surface area contributed by atoms with E-state index >= 15 is 0 Å². The zero-order chi connectivity index (χ0) is 25.0. The van der Waals surface area contributed by atoms with Crippen LogP contribution in [0.1, 0.15) is 40.8 Å². The molecule has 0 radical (unpaired) electrons. The van der Waals surface area contributed by atoms with E-state index in [9.17, 15) is 15.3 Å². The summed E-state index contributed by atoms with van der Waals surface area (Å²) in [6.45, 7) is 7.59. The van der Waals surface area contributed by atoms with Crippen LogP contribution in [0.3, 0.4) is 0 Å². The number of aryl methyl sites for hydroxylation is 1. The Balaban J connectivity index is 2.14. The molecule has 1 aromatic carbocycles. The van der Waals surface area contributed by atoms with E-state index in [0.717, 1.165) is 26.0 Å². The second-order valence-corrected chi connectivity index (χ2v) is 9.66. The van der Waals surface area contributed by atoms with Gasteiger partial charge < -0.3 is 15.2 Å². The Labute approximate surface area is 216 Å². The summed E-state index contributed by atoms with van der Waals surface area (Å²) >= 11 is 3.45. The summed E-state index contributed by atoms with van der Waals surface area (Å²) in [6, 6.07) is 11.8. The molecule has 2 N–H and O–H groups in total. The van der Waals surface area contributed by atoms with Crippen LogP contribution in [0.5, 0.6) is 0 Å². The van der Waals surface area contributed by atoms with Crippen molar-refractivity contribution in [1.29, 1.82) is 10.5 Å². The summed E-state index contributed by atoms with van der Waals surface area (Å²) in [5, 5.41) is 20.1.